The van der Waals surface area contributed by atoms with Crippen LogP contribution in [0, 0.1) is 11.3 Å². The summed E-state index contributed by atoms with van der Waals surface area (Å²) in [7, 11) is 0. The third-order valence-corrected chi connectivity index (χ3v) is 14.2. The Kier molecular flexibility index (Phi) is 14.6. The number of H-pyrrole nitrogens is 3. The van der Waals surface area contributed by atoms with Crippen LogP contribution in [0.25, 0.3) is 21.8 Å². The van der Waals surface area contributed by atoms with Crippen molar-refractivity contribution in [3.8, 4) is 29.1 Å². The second-order valence-electron chi connectivity index (χ2n) is 19.5. The summed E-state index contributed by atoms with van der Waals surface area (Å²) >= 11 is 0. The maximum atomic E-state index is 13.4. The monoisotopic (exact) mass is 948 g/mol. The number of nitrogens with zero attached hydrogens (tertiary/aromatic N) is 4. The van der Waals surface area contributed by atoms with Crippen molar-refractivity contribution < 1.29 is 59.5 Å². The molecule has 0 bridgehead atoms. The van der Waals surface area contributed by atoms with Gasteiger partial charge in [-0.1, -0.05) is 57.2 Å². The number of hydrogen-bond acceptors (Lipinski definition) is 11. The smallest absolute Gasteiger partial charge is 1.00 e. The number of Topliss-reactive ketones (excluding diaryl/α,β-unsaturated/α-hetero) is 2. The molecule has 0 amide bonds. The van der Waals surface area contributed by atoms with Crippen LogP contribution < -0.4 is 54.7 Å². The van der Waals surface area contributed by atoms with Gasteiger partial charge in [-0.05, 0) is 132 Å². The number of halogens is 1. The normalized spacial score (nSPS) is 15.5. The number of nitrogens with one attached hydrogen (secondary N) is 3. The number of nitriles is 1. The van der Waals surface area contributed by atoms with Crippen molar-refractivity contribution in [1.29, 1.82) is 5.26 Å². The van der Waals surface area contributed by atoms with Gasteiger partial charge in [0.2, 0.25) is 13.6 Å². The van der Waals surface area contributed by atoms with Crippen molar-refractivity contribution in [1.82, 2.24) is 36.7 Å². The van der Waals surface area contributed by atoms with Gasteiger partial charge in [-0.25, -0.2) is 0 Å². The summed E-state index contributed by atoms with van der Waals surface area (Å²) in [5, 5.41) is 25.4. The van der Waals surface area contributed by atoms with Crippen LogP contribution in [0.1, 0.15) is 114 Å². The van der Waals surface area contributed by atoms with Crippen molar-refractivity contribution in [2.45, 2.75) is 114 Å². The van der Waals surface area contributed by atoms with Crippen LogP contribution in [0.5, 0.6) is 23.0 Å². The van der Waals surface area contributed by atoms with Crippen molar-refractivity contribution in [3.63, 3.8) is 0 Å². The van der Waals surface area contributed by atoms with Gasteiger partial charge in [0, 0.05) is 58.9 Å². The van der Waals surface area contributed by atoms with E-state index in [9.17, 15) is 9.59 Å². The minimum absolute atomic E-state index is 0. The molecule has 2 aliphatic carbocycles. The number of benzene rings is 4. The molecule has 11 rings (SSSR count). The summed E-state index contributed by atoms with van der Waals surface area (Å²) in [6, 6.07) is 30.9. The zero-order chi connectivity index (χ0) is 45.0. The number of aromatic nitrogens is 6. The number of tetrazole rings is 1. The van der Waals surface area contributed by atoms with Crippen LogP contribution in [0.3, 0.4) is 0 Å². The van der Waals surface area contributed by atoms with Crippen molar-refractivity contribution in [2.24, 2.45) is 0 Å². The summed E-state index contributed by atoms with van der Waals surface area (Å²) < 4.78 is 21.9. The number of fused-ring (bicyclic) bond motifs is 4. The fourth-order valence-electron chi connectivity index (χ4n) is 9.47. The maximum absolute atomic E-state index is 13.4. The van der Waals surface area contributed by atoms with E-state index in [1.807, 2.05) is 42.5 Å². The Balaban J connectivity index is 0.000000215. The van der Waals surface area contributed by atoms with Gasteiger partial charge in [-0.15, -0.1) is 22.6 Å². The van der Waals surface area contributed by atoms with E-state index in [2.05, 4.69) is 107 Å². The molecule has 0 atom stereocenters. The van der Waals surface area contributed by atoms with Crippen LogP contribution in [0.2, 0.25) is 0 Å². The molecule has 6 N–H and O–H groups in total. The zero-order valence-corrected chi connectivity index (χ0v) is 42.2. The first-order valence-electron chi connectivity index (χ1n) is 22.5. The molecule has 4 aliphatic rings. The summed E-state index contributed by atoms with van der Waals surface area (Å²) in [6.45, 7) is 9.22. The maximum Gasteiger partial charge on any atom is 1.00 e. The largest absolute Gasteiger partial charge is 1.00 e. The van der Waals surface area contributed by atoms with E-state index in [0.29, 0.717) is 19.3 Å². The quantitative estimate of drug-likeness (QED) is 0.0755. The van der Waals surface area contributed by atoms with Crippen LogP contribution in [0.4, 0.5) is 0 Å². The Morgan fingerprint density at radius 2 is 1.15 bits per heavy atom. The topological polar surface area (TPSA) is 216 Å². The van der Waals surface area contributed by atoms with Crippen LogP contribution in [0.15, 0.2) is 84.9 Å². The van der Waals surface area contributed by atoms with Crippen molar-refractivity contribution in [2.75, 3.05) is 13.6 Å². The Bertz CT molecular complexity index is 3010. The van der Waals surface area contributed by atoms with Crippen LogP contribution >= 0.6 is 12.4 Å². The third kappa shape index (κ3) is 9.91. The third-order valence-electron chi connectivity index (χ3n) is 14.2. The van der Waals surface area contributed by atoms with E-state index in [1.54, 1.807) is 0 Å². The number of carbonyl (C=O) groups excluding carboxylic acids is 2. The molecule has 0 spiro atoms. The molecule has 350 valence electrons. The Hall–Kier alpha value is -5.69. The fourth-order valence-corrected chi connectivity index (χ4v) is 9.47. The molecule has 0 saturated heterocycles. The second-order valence-corrected chi connectivity index (χ2v) is 19.5. The number of carbonyl (C=O) groups is 2. The van der Waals surface area contributed by atoms with Gasteiger partial charge in [0.1, 0.15) is 11.6 Å². The van der Waals surface area contributed by atoms with Gasteiger partial charge in [-0.3, -0.25) is 9.59 Å². The predicted molar refractivity (Wildman–Crippen MR) is 258 cm³/mol. The van der Waals surface area contributed by atoms with Crippen molar-refractivity contribution in [3.05, 3.63) is 124 Å². The molecule has 14 nitrogen and oxygen atoms in total. The van der Waals surface area contributed by atoms with E-state index in [1.165, 1.54) is 0 Å². The molecule has 7 aromatic rings. The summed E-state index contributed by atoms with van der Waals surface area (Å²) in [5.74, 6) is 4.22. The molecule has 2 saturated carbocycles. The SMILES string of the molecule is CC(C)(CCC#N)c1cc2cc(CC(=O)C3(c4ccc5c(c4)OCO5)CC3)ccc2[nH]1.CC(C)(CCc1nn[nH]n1)c1cc2cc(CC(=O)C3(c4ccc5c(c4)OCO5)CC3)ccc2[nH]1.Cl.N.[H-].[Na+]. The predicted octanol–water partition coefficient (Wildman–Crippen LogP) is 7.19. The Morgan fingerprint density at radius 1 is 0.676 bits per heavy atom. The average molecular weight is 950 g/mol. The summed E-state index contributed by atoms with van der Waals surface area (Å²) in [5.41, 5.74) is 7.62. The number of ketones is 2. The van der Waals surface area contributed by atoms with Gasteiger partial charge < -0.3 is 36.5 Å². The Labute approximate surface area is 425 Å². The minimum Gasteiger partial charge on any atom is -1.00 e. The molecule has 16 heteroatoms. The number of aryl methyl sites for hydroxylation is 1. The first-order valence-corrected chi connectivity index (χ1v) is 22.5. The van der Waals surface area contributed by atoms with Gasteiger partial charge in [0.05, 0.1) is 16.9 Å². The number of ether oxygens (including phenoxy) is 4. The molecular weight excluding hydrogens is 891 g/mol. The van der Waals surface area contributed by atoms with E-state index < -0.39 is 10.8 Å². The molecule has 2 aliphatic heterocycles. The molecule has 5 heterocycles. The number of aromatic amines is 3. The molecule has 2 fully saturated rings. The summed E-state index contributed by atoms with van der Waals surface area (Å²) in [6.07, 6.45) is 7.36. The average Bonchev–Trinajstić information content (AvgIpc) is 3.78. The molecule has 0 unspecified atom stereocenters. The van der Waals surface area contributed by atoms with E-state index in [4.69, 9.17) is 24.2 Å². The van der Waals surface area contributed by atoms with Gasteiger partial charge in [0.15, 0.2) is 28.8 Å². The van der Waals surface area contributed by atoms with Gasteiger partial charge >= 0.3 is 29.6 Å². The van der Waals surface area contributed by atoms with E-state index in [-0.39, 0.29) is 85.5 Å². The van der Waals surface area contributed by atoms with Crippen LogP contribution in [-0.4, -0.2) is 55.7 Å². The van der Waals surface area contributed by atoms with Gasteiger partial charge in [0.25, 0.3) is 0 Å². The Morgan fingerprint density at radius 3 is 1.59 bits per heavy atom. The number of rotatable bonds is 15. The first-order chi connectivity index (χ1) is 31.3. The van der Waals surface area contributed by atoms with Crippen molar-refractivity contribution >= 4 is 45.8 Å². The molecule has 4 aromatic carbocycles. The fraction of sp³-hybridized carbons (Fsp3) is 0.385. The molecule has 3 aromatic heterocycles. The molecule has 0 radical (unpaired) electrons. The minimum atomic E-state index is -0.392. The molecular formula is C52H58ClN8NaO6. The van der Waals surface area contributed by atoms with Crippen LogP contribution in [-0.2, 0) is 50.5 Å². The first kappa shape index (κ1) is 50.2. The zero-order valence-electron chi connectivity index (χ0n) is 40.4. The van der Waals surface area contributed by atoms with E-state index in [0.717, 1.165) is 129 Å². The second kappa shape index (κ2) is 19.7. The van der Waals surface area contributed by atoms with E-state index >= 15 is 0 Å². The number of hydrogen-bond donors (Lipinski definition) is 4. The van der Waals surface area contributed by atoms with Gasteiger partial charge in [-0.2, -0.15) is 10.5 Å². The summed E-state index contributed by atoms with van der Waals surface area (Å²) in [4.78, 5) is 33.8. The standard InChI is InChI=1S/C26H27N5O3.C26H26N2O3.ClH.H3N.Na.H/c1-25(2,8-7-24-28-30-31-29-24)22-13-17-11-16(3-5-19(17)27-22)12-23(32)26(9-10-26)18-4-6-20-21(14-18)34-15-33-20;1-25(2,8-3-11-27)23-14-18-12-17(4-6-20(18)28-23)13-24(29)26(9-10-26)19-5-7-21-22(15-19)31-16-30-21;;;;/h3-6,11,13-14,27H,7-10,12,15H2,1-2H3,(H,28,29,30,31);4-7,12,14-15,28H,3,8-10,13,16H2,1-2H3;1H;1H3;;/q;;;;+1;-1. The molecule has 68 heavy (non-hydrogen) atoms.